The number of carbonyl (C=O) groups is 1. The van der Waals surface area contributed by atoms with Gasteiger partial charge in [0.15, 0.2) is 0 Å². The van der Waals surface area contributed by atoms with E-state index in [0.717, 1.165) is 42.0 Å². The third-order valence-corrected chi connectivity index (χ3v) is 5.02. The van der Waals surface area contributed by atoms with Gasteiger partial charge in [0.25, 0.3) is 0 Å². The fraction of sp³-hybridized carbons (Fsp3) is 0.273. The molecule has 0 aliphatic carbocycles. The van der Waals surface area contributed by atoms with E-state index >= 15 is 0 Å². The van der Waals surface area contributed by atoms with Gasteiger partial charge in [0, 0.05) is 30.5 Å². The van der Waals surface area contributed by atoms with Crippen molar-refractivity contribution in [3.05, 3.63) is 77.6 Å². The number of aromatic nitrogens is 2. The van der Waals surface area contributed by atoms with Crippen molar-refractivity contribution in [2.24, 2.45) is 0 Å². The van der Waals surface area contributed by atoms with E-state index in [1.54, 1.807) is 0 Å². The number of amides is 1. The second-order valence-corrected chi connectivity index (χ2v) is 6.90. The Morgan fingerprint density at radius 1 is 1.11 bits per heavy atom. The minimum atomic E-state index is 0.121. The lowest BCUT2D eigenvalue weighted by Gasteiger charge is -2.29. The molecule has 2 aromatic carbocycles. The number of nitrogens with one attached hydrogen (secondary N) is 1. The zero-order valence-electron chi connectivity index (χ0n) is 15.6. The molecule has 5 nitrogen and oxygen atoms in total. The molecule has 3 aromatic rings. The van der Waals surface area contributed by atoms with Gasteiger partial charge in [-0.2, -0.15) is 5.10 Å². The predicted octanol–water partition coefficient (Wildman–Crippen LogP) is 3.25. The molecule has 1 amide bonds. The maximum absolute atomic E-state index is 12.7. The summed E-state index contributed by atoms with van der Waals surface area (Å²) in [4.78, 5) is 14.6. The minimum Gasteiger partial charge on any atom is -0.311 e. The zero-order valence-corrected chi connectivity index (χ0v) is 15.6. The molecule has 0 bridgehead atoms. The van der Waals surface area contributed by atoms with Crippen molar-refractivity contribution in [2.45, 2.75) is 26.3 Å². The van der Waals surface area contributed by atoms with Gasteiger partial charge < -0.3 is 10.2 Å². The lowest BCUT2D eigenvalue weighted by molar-refractivity contribution is -0.117. The van der Waals surface area contributed by atoms with Crippen LogP contribution in [0.3, 0.4) is 0 Å². The zero-order chi connectivity index (χ0) is 18.6. The first-order chi connectivity index (χ1) is 13.2. The van der Waals surface area contributed by atoms with Crippen molar-refractivity contribution in [3.8, 4) is 5.69 Å². The van der Waals surface area contributed by atoms with Gasteiger partial charge in [-0.3, -0.25) is 4.79 Å². The van der Waals surface area contributed by atoms with Gasteiger partial charge in [-0.25, -0.2) is 4.68 Å². The standard InChI is InChI=1S/C22H24N4O/c1-17-19(16-26(24-17)20-10-3-2-4-11-20)14-23-15-22(27)25-13-7-9-18-8-5-6-12-21(18)25/h2-6,8,10-12,16,23H,7,9,13-15H2,1H3. The van der Waals surface area contributed by atoms with Gasteiger partial charge in [0.1, 0.15) is 0 Å². The molecule has 0 saturated heterocycles. The van der Waals surface area contributed by atoms with Crippen LogP contribution in [-0.4, -0.2) is 28.8 Å². The van der Waals surface area contributed by atoms with E-state index in [4.69, 9.17) is 0 Å². The Labute approximate surface area is 159 Å². The lowest BCUT2D eigenvalue weighted by atomic mass is 10.0. The number of anilines is 1. The first kappa shape index (κ1) is 17.5. The van der Waals surface area contributed by atoms with Gasteiger partial charge in [-0.15, -0.1) is 0 Å². The summed E-state index contributed by atoms with van der Waals surface area (Å²) in [5, 5.41) is 7.87. The molecule has 5 heteroatoms. The fourth-order valence-electron chi connectivity index (χ4n) is 3.57. The van der Waals surface area contributed by atoms with E-state index in [0.29, 0.717) is 13.1 Å². The number of benzene rings is 2. The molecule has 4 rings (SSSR count). The van der Waals surface area contributed by atoms with Crippen molar-refractivity contribution in [1.29, 1.82) is 0 Å². The highest BCUT2D eigenvalue weighted by Gasteiger charge is 2.21. The number of rotatable bonds is 5. The van der Waals surface area contributed by atoms with E-state index in [1.165, 1.54) is 5.56 Å². The van der Waals surface area contributed by atoms with Crippen LogP contribution in [-0.2, 0) is 17.8 Å². The van der Waals surface area contributed by atoms with E-state index in [9.17, 15) is 4.79 Å². The molecule has 0 radical (unpaired) electrons. The second kappa shape index (κ2) is 7.76. The normalized spacial score (nSPS) is 13.4. The van der Waals surface area contributed by atoms with E-state index in [1.807, 2.05) is 71.2 Å². The minimum absolute atomic E-state index is 0.121. The number of para-hydroxylation sites is 2. The largest absolute Gasteiger partial charge is 0.311 e. The van der Waals surface area contributed by atoms with Crippen LogP contribution in [0, 0.1) is 6.92 Å². The molecular formula is C22H24N4O. The molecule has 138 valence electrons. The van der Waals surface area contributed by atoms with Crippen molar-refractivity contribution in [2.75, 3.05) is 18.0 Å². The number of hydrogen-bond acceptors (Lipinski definition) is 3. The Kier molecular flexibility index (Phi) is 5.03. The number of carbonyl (C=O) groups excluding carboxylic acids is 1. The van der Waals surface area contributed by atoms with Crippen molar-refractivity contribution in [3.63, 3.8) is 0 Å². The van der Waals surface area contributed by atoms with Crippen molar-refractivity contribution >= 4 is 11.6 Å². The van der Waals surface area contributed by atoms with Crippen LogP contribution >= 0.6 is 0 Å². The molecule has 2 heterocycles. The Morgan fingerprint density at radius 2 is 1.89 bits per heavy atom. The van der Waals surface area contributed by atoms with E-state index in [2.05, 4.69) is 16.5 Å². The maximum atomic E-state index is 12.7. The Hall–Kier alpha value is -2.92. The summed E-state index contributed by atoms with van der Waals surface area (Å²) in [6, 6.07) is 18.2. The highest BCUT2D eigenvalue weighted by Crippen LogP contribution is 2.26. The Balaban J connectivity index is 1.38. The maximum Gasteiger partial charge on any atom is 0.240 e. The van der Waals surface area contributed by atoms with Crippen LogP contribution in [0.2, 0.25) is 0 Å². The van der Waals surface area contributed by atoms with Crippen LogP contribution in [0.1, 0.15) is 23.2 Å². The van der Waals surface area contributed by atoms with E-state index < -0.39 is 0 Å². The van der Waals surface area contributed by atoms with Gasteiger partial charge >= 0.3 is 0 Å². The molecule has 1 N–H and O–H groups in total. The molecule has 0 spiro atoms. The van der Waals surface area contributed by atoms with Crippen LogP contribution in [0.4, 0.5) is 5.69 Å². The average molecular weight is 360 g/mol. The number of aryl methyl sites for hydroxylation is 2. The average Bonchev–Trinajstić information content (AvgIpc) is 3.09. The van der Waals surface area contributed by atoms with Gasteiger partial charge in [-0.1, -0.05) is 36.4 Å². The summed E-state index contributed by atoms with van der Waals surface area (Å²) in [6.45, 7) is 3.74. The van der Waals surface area contributed by atoms with Gasteiger partial charge in [-0.05, 0) is 43.5 Å². The van der Waals surface area contributed by atoms with Crippen LogP contribution < -0.4 is 10.2 Å². The lowest BCUT2D eigenvalue weighted by Crippen LogP contribution is -2.41. The molecule has 27 heavy (non-hydrogen) atoms. The quantitative estimate of drug-likeness (QED) is 0.760. The molecule has 1 aromatic heterocycles. The fourth-order valence-corrected chi connectivity index (χ4v) is 3.57. The van der Waals surface area contributed by atoms with Crippen LogP contribution in [0.15, 0.2) is 60.8 Å². The van der Waals surface area contributed by atoms with Gasteiger partial charge in [0.05, 0.1) is 17.9 Å². The summed E-state index contributed by atoms with van der Waals surface area (Å²) in [5.74, 6) is 0.121. The summed E-state index contributed by atoms with van der Waals surface area (Å²) in [7, 11) is 0. The summed E-state index contributed by atoms with van der Waals surface area (Å²) >= 11 is 0. The molecule has 1 aliphatic rings. The molecule has 0 saturated carbocycles. The number of nitrogens with zero attached hydrogens (tertiary/aromatic N) is 3. The van der Waals surface area contributed by atoms with Crippen molar-refractivity contribution in [1.82, 2.24) is 15.1 Å². The third kappa shape index (κ3) is 3.78. The molecular weight excluding hydrogens is 336 g/mol. The Bertz CT molecular complexity index is 932. The number of hydrogen-bond donors (Lipinski definition) is 1. The monoisotopic (exact) mass is 360 g/mol. The summed E-state index contributed by atoms with van der Waals surface area (Å²) in [5.41, 5.74) is 5.43. The topological polar surface area (TPSA) is 50.2 Å². The highest BCUT2D eigenvalue weighted by atomic mass is 16.2. The predicted molar refractivity (Wildman–Crippen MR) is 107 cm³/mol. The van der Waals surface area contributed by atoms with Crippen LogP contribution in [0.5, 0.6) is 0 Å². The molecule has 0 atom stereocenters. The highest BCUT2D eigenvalue weighted by molar-refractivity contribution is 5.95. The third-order valence-electron chi connectivity index (χ3n) is 5.02. The first-order valence-corrected chi connectivity index (χ1v) is 9.42. The van der Waals surface area contributed by atoms with Gasteiger partial charge in [0.2, 0.25) is 5.91 Å². The van der Waals surface area contributed by atoms with E-state index in [-0.39, 0.29) is 5.91 Å². The van der Waals surface area contributed by atoms with Crippen LogP contribution in [0.25, 0.3) is 5.69 Å². The smallest absolute Gasteiger partial charge is 0.240 e. The SMILES string of the molecule is Cc1nn(-c2ccccc2)cc1CNCC(=O)N1CCCc2ccccc21. The molecule has 1 aliphatic heterocycles. The first-order valence-electron chi connectivity index (χ1n) is 9.42. The molecule has 0 fully saturated rings. The summed E-state index contributed by atoms with van der Waals surface area (Å²) < 4.78 is 1.88. The number of fused-ring (bicyclic) bond motifs is 1. The summed E-state index contributed by atoms with van der Waals surface area (Å²) in [6.07, 6.45) is 4.09. The molecule has 0 unspecified atom stereocenters. The second-order valence-electron chi connectivity index (χ2n) is 6.90. The van der Waals surface area contributed by atoms with Crippen molar-refractivity contribution < 1.29 is 4.79 Å². The Morgan fingerprint density at radius 3 is 2.74 bits per heavy atom.